The smallest absolute Gasteiger partial charge is 0.270 e. The van der Waals surface area contributed by atoms with Gasteiger partial charge in [0.25, 0.3) is 5.91 Å². The van der Waals surface area contributed by atoms with Crippen LogP contribution in [0.5, 0.6) is 0 Å². The number of carbonyl (C=O) groups is 2. The molecular weight excluding hydrogens is 294 g/mol. The van der Waals surface area contributed by atoms with E-state index >= 15 is 0 Å². The fourth-order valence-electron chi connectivity index (χ4n) is 2.74. The highest BCUT2D eigenvalue weighted by molar-refractivity contribution is 5.93. The summed E-state index contributed by atoms with van der Waals surface area (Å²) in [6, 6.07) is 1.61. The Morgan fingerprint density at radius 2 is 2.09 bits per heavy atom. The van der Waals surface area contributed by atoms with E-state index < -0.39 is 0 Å². The van der Waals surface area contributed by atoms with E-state index in [0.29, 0.717) is 18.9 Å². The Hall–Kier alpha value is -2.18. The molecule has 126 valence electrons. The maximum atomic E-state index is 12.4. The molecule has 1 atom stereocenters. The summed E-state index contributed by atoms with van der Waals surface area (Å²) in [5.41, 5.74) is 6.71. The van der Waals surface area contributed by atoms with Crippen molar-refractivity contribution in [2.24, 2.45) is 5.92 Å². The van der Waals surface area contributed by atoms with Crippen LogP contribution in [-0.4, -0.2) is 45.3 Å². The van der Waals surface area contributed by atoms with Crippen molar-refractivity contribution in [1.82, 2.24) is 20.2 Å². The second-order valence-corrected chi connectivity index (χ2v) is 6.72. The summed E-state index contributed by atoms with van der Waals surface area (Å²) in [6.45, 7) is 8.60. The summed E-state index contributed by atoms with van der Waals surface area (Å²) in [5, 5.41) is 2.87. The average Bonchev–Trinajstić information content (AvgIpc) is 2.78. The average molecular weight is 319 g/mol. The fourth-order valence-corrected chi connectivity index (χ4v) is 2.74. The summed E-state index contributed by atoms with van der Waals surface area (Å²) >= 11 is 0. The minimum Gasteiger partial charge on any atom is -0.368 e. The van der Waals surface area contributed by atoms with Gasteiger partial charge in [-0.15, -0.1) is 0 Å². The van der Waals surface area contributed by atoms with Crippen LogP contribution in [0.4, 0.5) is 5.95 Å². The Kier molecular flexibility index (Phi) is 5.18. The van der Waals surface area contributed by atoms with Crippen LogP contribution >= 0.6 is 0 Å². The van der Waals surface area contributed by atoms with Crippen molar-refractivity contribution >= 4 is 17.8 Å². The van der Waals surface area contributed by atoms with E-state index in [0.717, 1.165) is 12.1 Å². The van der Waals surface area contributed by atoms with Gasteiger partial charge in [-0.05, 0) is 32.3 Å². The molecule has 1 aliphatic rings. The molecule has 0 bridgehead atoms. The van der Waals surface area contributed by atoms with Crippen molar-refractivity contribution in [2.45, 2.75) is 52.6 Å². The molecule has 0 saturated carbocycles. The van der Waals surface area contributed by atoms with E-state index in [-0.39, 0.29) is 35.5 Å². The monoisotopic (exact) mass is 319 g/mol. The van der Waals surface area contributed by atoms with E-state index in [1.54, 1.807) is 11.0 Å². The number of anilines is 1. The number of nitrogen functional groups attached to an aromatic ring is 1. The predicted octanol–water partition coefficient (Wildman–Crippen LogP) is 0.996. The van der Waals surface area contributed by atoms with Crippen molar-refractivity contribution in [3.63, 3.8) is 0 Å². The SMILES string of the molecule is CC(C)Cc1cc(C(=O)N[C@H]2CC(=O)N(C(C)C)C2)nc(N)n1. The van der Waals surface area contributed by atoms with Gasteiger partial charge in [-0.3, -0.25) is 9.59 Å². The molecule has 2 rings (SSSR count). The number of nitrogens with two attached hydrogens (primary N) is 1. The lowest BCUT2D eigenvalue weighted by Gasteiger charge is -2.21. The predicted molar refractivity (Wildman–Crippen MR) is 87.7 cm³/mol. The number of hydrogen-bond donors (Lipinski definition) is 2. The molecule has 23 heavy (non-hydrogen) atoms. The Morgan fingerprint density at radius 1 is 1.39 bits per heavy atom. The lowest BCUT2D eigenvalue weighted by atomic mass is 10.1. The Morgan fingerprint density at radius 3 is 2.65 bits per heavy atom. The van der Waals surface area contributed by atoms with Crippen LogP contribution in [0.25, 0.3) is 0 Å². The van der Waals surface area contributed by atoms with Crippen molar-refractivity contribution in [2.75, 3.05) is 12.3 Å². The lowest BCUT2D eigenvalue weighted by Crippen LogP contribution is -2.39. The standard InChI is InChI=1S/C16H25N5O2/c1-9(2)5-11-6-13(20-16(17)19-11)15(23)18-12-7-14(22)21(8-12)10(3)4/h6,9-10,12H,5,7-8H2,1-4H3,(H,18,23)(H2,17,19,20)/t12-/m0/s1. The Labute approximate surface area is 136 Å². The molecule has 1 aromatic rings. The van der Waals surface area contributed by atoms with Crippen LogP contribution < -0.4 is 11.1 Å². The number of rotatable bonds is 5. The molecule has 0 unspecified atom stereocenters. The lowest BCUT2D eigenvalue weighted by molar-refractivity contribution is -0.129. The summed E-state index contributed by atoms with van der Waals surface area (Å²) < 4.78 is 0. The Balaban J connectivity index is 2.06. The zero-order chi connectivity index (χ0) is 17.1. The topological polar surface area (TPSA) is 101 Å². The van der Waals surface area contributed by atoms with Crippen LogP contribution in [0, 0.1) is 5.92 Å². The molecular formula is C16H25N5O2. The molecule has 0 spiro atoms. The summed E-state index contributed by atoms with van der Waals surface area (Å²) in [7, 11) is 0. The first-order valence-electron chi connectivity index (χ1n) is 8.00. The second-order valence-electron chi connectivity index (χ2n) is 6.72. The van der Waals surface area contributed by atoms with E-state index in [2.05, 4.69) is 29.1 Å². The number of carbonyl (C=O) groups excluding carboxylic acids is 2. The van der Waals surface area contributed by atoms with E-state index in [1.807, 2.05) is 13.8 Å². The molecule has 1 saturated heterocycles. The van der Waals surface area contributed by atoms with Gasteiger partial charge in [0, 0.05) is 24.7 Å². The molecule has 7 heteroatoms. The van der Waals surface area contributed by atoms with Crippen LogP contribution in [-0.2, 0) is 11.2 Å². The molecule has 0 radical (unpaired) electrons. The zero-order valence-corrected chi connectivity index (χ0v) is 14.2. The quantitative estimate of drug-likeness (QED) is 0.843. The molecule has 3 N–H and O–H groups in total. The highest BCUT2D eigenvalue weighted by Gasteiger charge is 2.32. The number of amides is 2. The van der Waals surface area contributed by atoms with E-state index in [9.17, 15) is 9.59 Å². The minimum atomic E-state index is -0.312. The van der Waals surface area contributed by atoms with Gasteiger partial charge in [0.1, 0.15) is 5.69 Å². The van der Waals surface area contributed by atoms with Gasteiger partial charge < -0.3 is 16.0 Å². The number of likely N-dealkylation sites (tertiary alicyclic amines) is 1. The highest BCUT2D eigenvalue weighted by Crippen LogP contribution is 2.15. The normalized spacial score (nSPS) is 18.1. The fraction of sp³-hybridized carbons (Fsp3) is 0.625. The first-order valence-corrected chi connectivity index (χ1v) is 8.00. The first-order chi connectivity index (χ1) is 10.8. The molecule has 1 aliphatic heterocycles. The molecule has 2 heterocycles. The largest absolute Gasteiger partial charge is 0.368 e. The number of hydrogen-bond acceptors (Lipinski definition) is 5. The minimum absolute atomic E-state index is 0.0630. The zero-order valence-electron chi connectivity index (χ0n) is 14.2. The summed E-state index contributed by atoms with van der Waals surface area (Å²) in [5.74, 6) is 0.257. The number of aromatic nitrogens is 2. The molecule has 7 nitrogen and oxygen atoms in total. The van der Waals surface area contributed by atoms with Crippen LogP contribution in [0.15, 0.2) is 6.07 Å². The van der Waals surface area contributed by atoms with E-state index in [4.69, 9.17) is 5.73 Å². The maximum absolute atomic E-state index is 12.4. The molecule has 2 amide bonds. The Bertz CT molecular complexity index is 600. The van der Waals surface area contributed by atoms with Crippen molar-refractivity contribution < 1.29 is 9.59 Å². The summed E-state index contributed by atoms with van der Waals surface area (Å²) in [6.07, 6.45) is 1.05. The van der Waals surface area contributed by atoms with Crippen molar-refractivity contribution in [3.8, 4) is 0 Å². The molecule has 1 fully saturated rings. The number of nitrogens with zero attached hydrogens (tertiary/aromatic N) is 3. The van der Waals surface area contributed by atoms with Gasteiger partial charge in [-0.25, -0.2) is 9.97 Å². The molecule has 0 aliphatic carbocycles. The summed E-state index contributed by atoms with van der Waals surface area (Å²) in [4.78, 5) is 34.2. The van der Waals surface area contributed by atoms with Gasteiger partial charge in [0.15, 0.2) is 0 Å². The van der Waals surface area contributed by atoms with Crippen molar-refractivity contribution in [1.29, 1.82) is 0 Å². The second kappa shape index (κ2) is 6.93. The third kappa shape index (κ3) is 4.40. The first kappa shape index (κ1) is 17.2. The molecule has 1 aromatic heterocycles. The van der Waals surface area contributed by atoms with Crippen LogP contribution in [0.1, 0.15) is 50.3 Å². The van der Waals surface area contributed by atoms with E-state index in [1.165, 1.54) is 0 Å². The molecule has 0 aromatic carbocycles. The van der Waals surface area contributed by atoms with Crippen LogP contribution in [0.3, 0.4) is 0 Å². The van der Waals surface area contributed by atoms with Gasteiger partial charge in [0.05, 0.1) is 6.04 Å². The van der Waals surface area contributed by atoms with Crippen LogP contribution in [0.2, 0.25) is 0 Å². The maximum Gasteiger partial charge on any atom is 0.270 e. The third-order valence-corrected chi connectivity index (χ3v) is 3.76. The third-order valence-electron chi connectivity index (χ3n) is 3.76. The van der Waals surface area contributed by atoms with Gasteiger partial charge in [0.2, 0.25) is 11.9 Å². The van der Waals surface area contributed by atoms with Gasteiger partial charge >= 0.3 is 0 Å². The van der Waals surface area contributed by atoms with Gasteiger partial charge in [-0.1, -0.05) is 13.8 Å². The van der Waals surface area contributed by atoms with Gasteiger partial charge in [-0.2, -0.15) is 0 Å². The highest BCUT2D eigenvalue weighted by atomic mass is 16.2. The van der Waals surface area contributed by atoms with Crippen molar-refractivity contribution in [3.05, 3.63) is 17.5 Å². The number of nitrogens with one attached hydrogen (secondary N) is 1.